The molecule has 3 amide bonds. The van der Waals surface area contributed by atoms with Gasteiger partial charge in [-0.25, -0.2) is 8.42 Å². The Morgan fingerprint density at radius 2 is 1.66 bits per heavy atom. The molecule has 11 nitrogen and oxygen atoms in total. The number of fused-ring (bicyclic) bond motifs is 1. The van der Waals surface area contributed by atoms with Crippen LogP contribution in [0.3, 0.4) is 0 Å². The topological polar surface area (TPSA) is 139 Å². The van der Waals surface area contributed by atoms with E-state index in [1.807, 2.05) is 0 Å². The Labute approximate surface area is 205 Å². The van der Waals surface area contributed by atoms with Crippen molar-refractivity contribution >= 4 is 51.0 Å². The molecule has 1 N–H and O–H groups in total. The summed E-state index contributed by atoms with van der Waals surface area (Å²) in [6.07, 6.45) is 0. The second kappa shape index (κ2) is 10.1. The molecule has 1 fully saturated rings. The highest BCUT2D eigenvalue weighted by Gasteiger charge is 2.36. The van der Waals surface area contributed by atoms with Crippen molar-refractivity contribution in [2.45, 2.75) is 4.90 Å². The fourth-order valence-corrected chi connectivity index (χ4v) is 5.51. The molecule has 184 valence electrons. The van der Waals surface area contributed by atoms with Crippen molar-refractivity contribution in [1.82, 2.24) is 9.21 Å². The highest BCUT2D eigenvalue weighted by molar-refractivity contribution is 7.89. The molecule has 0 aromatic heterocycles. The number of halogens is 1. The zero-order chi connectivity index (χ0) is 25.2. The molecule has 0 aliphatic carbocycles. The molecule has 2 aliphatic heterocycles. The van der Waals surface area contributed by atoms with Crippen LogP contribution in [0.5, 0.6) is 0 Å². The SMILES string of the molecule is O=C(COC(=O)CN1C(=O)c2ccccc2C1=O)Nc1ccc(Cl)c(S(=O)(=O)N2CCOCC2)c1. The number of amides is 3. The molecule has 0 unspecified atom stereocenters. The molecule has 0 spiro atoms. The number of anilines is 1. The van der Waals surface area contributed by atoms with Crippen LogP contribution in [-0.4, -0.2) is 80.8 Å². The normalized spacial score (nSPS) is 16.2. The van der Waals surface area contributed by atoms with Crippen molar-refractivity contribution in [3.8, 4) is 0 Å². The van der Waals surface area contributed by atoms with E-state index < -0.39 is 46.9 Å². The average Bonchev–Trinajstić information content (AvgIpc) is 3.09. The van der Waals surface area contributed by atoms with Gasteiger partial charge in [0.1, 0.15) is 11.4 Å². The first kappa shape index (κ1) is 24.8. The van der Waals surface area contributed by atoms with Gasteiger partial charge in [0.25, 0.3) is 17.7 Å². The van der Waals surface area contributed by atoms with Crippen LogP contribution in [0.1, 0.15) is 20.7 Å². The Kier molecular flexibility index (Phi) is 7.17. The van der Waals surface area contributed by atoms with Gasteiger partial charge in [-0.15, -0.1) is 0 Å². The molecule has 2 heterocycles. The van der Waals surface area contributed by atoms with Crippen molar-refractivity contribution in [2.75, 3.05) is 44.8 Å². The van der Waals surface area contributed by atoms with Gasteiger partial charge in [0.15, 0.2) is 6.61 Å². The lowest BCUT2D eigenvalue weighted by molar-refractivity contribution is -0.147. The minimum Gasteiger partial charge on any atom is -0.454 e. The molecule has 2 aromatic carbocycles. The van der Waals surface area contributed by atoms with Crippen LogP contribution in [-0.2, 0) is 29.1 Å². The van der Waals surface area contributed by atoms with E-state index in [1.54, 1.807) is 12.1 Å². The molecule has 0 radical (unpaired) electrons. The third kappa shape index (κ3) is 5.20. The predicted molar refractivity (Wildman–Crippen MR) is 122 cm³/mol. The molecule has 13 heteroatoms. The first-order valence-corrected chi connectivity index (χ1v) is 12.3. The van der Waals surface area contributed by atoms with Crippen molar-refractivity contribution < 1.29 is 37.1 Å². The number of sulfonamides is 1. The number of ether oxygens (including phenoxy) is 2. The lowest BCUT2D eigenvalue weighted by Gasteiger charge is -2.26. The Hall–Kier alpha value is -3.32. The highest BCUT2D eigenvalue weighted by Crippen LogP contribution is 2.28. The van der Waals surface area contributed by atoms with Crippen LogP contribution >= 0.6 is 11.6 Å². The summed E-state index contributed by atoms with van der Waals surface area (Å²) in [5.74, 6) is -2.96. The number of rotatable bonds is 7. The van der Waals surface area contributed by atoms with Gasteiger partial charge >= 0.3 is 5.97 Å². The fourth-order valence-electron chi connectivity index (χ4n) is 3.61. The van der Waals surface area contributed by atoms with Crippen LogP contribution in [0.4, 0.5) is 5.69 Å². The fraction of sp³-hybridized carbons (Fsp3) is 0.273. The summed E-state index contributed by atoms with van der Waals surface area (Å²) in [5.41, 5.74) is 0.505. The third-order valence-electron chi connectivity index (χ3n) is 5.33. The number of nitrogens with zero attached hydrogens (tertiary/aromatic N) is 2. The Bertz CT molecular complexity index is 1270. The first-order chi connectivity index (χ1) is 16.7. The molecule has 0 saturated carbocycles. The Balaban J connectivity index is 1.34. The first-order valence-electron chi connectivity index (χ1n) is 10.5. The Morgan fingerprint density at radius 1 is 1.03 bits per heavy atom. The molecule has 2 aromatic rings. The van der Waals surface area contributed by atoms with Gasteiger partial charge in [0, 0.05) is 18.8 Å². The van der Waals surface area contributed by atoms with Crippen molar-refractivity contribution in [2.24, 2.45) is 0 Å². The van der Waals surface area contributed by atoms with Crippen molar-refractivity contribution in [3.05, 3.63) is 58.6 Å². The van der Waals surface area contributed by atoms with Crippen LogP contribution in [0.15, 0.2) is 47.4 Å². The summed E-state index contributed by atoms with van der Waals surface area (Å²) >= 11 is 6.10. The molecule has 1 saturated heterocycles. The third-order valence-corrected chi connectivity index (χ3v) is 7.71. The minimum absolute atomic E-state index is 0.0122. The van der Waals surface area contributed by atoms with E-state index in [4.69, 9.17) is 21.1 Å². The van der Waals surface area contributed by atoms with Gasteiger partial charge < -0.3 is 14.8 Å². The van der Waals surface area contributed by atoms with E-state index in [9.17, 15) is 27.6 Å². The summed E-state index contributed by atoms with van der Waals surface area (Å²) in [6.45, 7) is -0.478. The number of benzene rings is 2. The number of hydrogen-bond donors (Lipinski definition) is 1. The molecule has 0 atom stereocenters. The predicted octanol–water partition coefficient (Wildman–Crippen LogP) is 1.14. The molecule has 35 heavy (non-hydrogen) atoms. The van der Waals surface area contributed by atoms with Gasteiger partial charge in [0.05, 0.1) is 29.4 Å². The van der Waals surface area contributed by atoms with E-state index in [0.717, 1.165) is 4.90 Å². The molecule has 4 rings (SSSR count). The standard InChI is InChI=1S/C22H20ClN3O8S/c23-17-6-5-14(11-18(17)35(31,32)25-7-9-33-10-8-25)24-19(27)13-34-20(28)12-26-21(29)15-3-1-2-4-16(15)22(26)30/h1-6,11H,7-10,12-13H2,(H,24,27). The minimum atomic E-state index is -3.91. The van der Waals surface area contributed by atoms with Crippen LogP contribution < -0.4 is 5.32 Å². The van der Waals surface area contributed by atoms with E-state index in [1.165, 1.54) is 34.6 Å². The van der Waals surface area contributed by atoms with E-state index in [-0.39, 0.29) is 53.0 Å². The number of esters is 1. The highest BCUT2D eigenvalue weighted by atomic mass is 35.5. The van der Waals surface area contributed by atoms with E-state index in [0.29, 0.717) is 0 Å². The van der Waals surface area contributed by atoms with Gasteiger partial charge in [-0.3, -0.25) is 24.1 Å². The molecule has 2 aliphatic rings. The number of nitrogens with one attached hydrogen (secondary N) is 1. The van der Waals surface area contributed by atoms with Gasteiger partial charge in [-0.05, 0) is 30.3 Å². The Morgan fingerprint density at radius 3 is 2.29 bits per heavy atom. The van der Waals surface area contributed by atoms with Crippen LogP contribution in [0, 0.1) is 0 Å². The van der Waals surface area contributed by atoms with Crippen molar-refractivity contribution in [1.29, 1.82) is 0 Å². The van der Waals surface area contributed by atoms with Crippen molar-refractivity contribution in [3.63, 3.8) is 0 Å². The maximum atomic E-state index is 12.9. The van der Waals surface area contributed by atoms with Crippen LogP contribution in [0.2, 0.25) is 5.02 Å². The lowest BCUT2D eigenvalue weighted by atomic mass is 10.1. The molecule has 0 bridgehead atoms. The summed E-state index contributed by atoms with van der Waals surface area (Å²) in [6, 6.07) is 10.1. The number of carbonyl (C=O) groups excluding carboxylic acids is 4. The number of imide groups is 1. The number of morpholine rings is 1. The summed E-state index contributed by atoms with van der Waals surface area (Å²) < 4.78 is 37.1. The van der Waals surface area contributed by atoms with E-state index >= 15 is 0 Å². The monoisotopic (exact) mass is 521 g/mol. The smallest absolute Gasteiger partial charge is 0.326 e. The lowest BCUT2D eigenvalue weighted by Crippen LogP contribution is -2.40. The zero-order valence-electron chi connectivity index (χ0n) is 18.2. The van der Waals surface area contributed by atoms with E-state index in [2.05, 4.69) is 5.32 Å². The summed E-state index contributed by atoms with van der Waals surface area (Å²) in [4.78, 5) is 49.6. The number of hydrogen-bond acceptors (Lipinski definition) is 8. The van der Waals surface area contributed by atoms with Gasteiger partial charge in [-0.1, -0.05) is 23.7 Å². The second-order valence-corrected chi connectivity index (χ2v) is 9.93. The summed E-state index contributed by atoms with van der Waals surface area (Å²) in [7, 11) is -3.91. The maximum absolute atomic E-state index is 12.9. The molecular formula is C22H20ClN3O8S. The zero-order valence-corrected chi connectivity index (χ0v) is 19.8. The van der Waals surface area contributed by atoms with Gasteiger partial charge in [-0.2, -0.15) is 4.31 Å². The largest absolute Gasteiger partial charge is 0.454 e. The summed E-state index contributed by atoms with van der Waals surface area (Å²) in [5, 5.41) is 2.42. The molecular weight excluding hydrogens is 502 g/mol. The van der Waals surface area contributed by atoms with Crippen LogP contribution in [0.25, 0.3) is 0 Å². The average molecular weight is 522 g/mol. The maximum Gasteiger partial charge on any atom is 0.326 e. The van der Waals surface area contributed by atoms with Gasteiger partial charge in [0.2, 0.25) is 10.0 Å². The second-order valence-electron chi connectivity index (χ2n) is 7.61. The number of carbonyl (C=O) groups is 4. The quantitative estimate of drug-likeness (QED) is 0.422.